The molecule has 0 bridgehead atoms. The van der Waals surface area contributed by atoms with Crippen LogP contribution in [0.4, 0.5) is 13.2 Å². The number of aromatic nitrogens is 1. The minimum Gasteiger partial charge on any atom is -0.320 e. The Kier molecular flexibility index (Phi) is 3.93. The summed E-state index contributed by atoms with van der Waals surface area (Å²) in [6, 6.07) is 1.92. The van der Waals surface area contributed by atoms with Gasteiger partial charge in [-0.05, 0) is 45.7 Å². The second-order valence-corrected chi connectivity index (χ2v) is 6.43. The first-order chi connectivity index (χ1) is 8.39. The van der Waals surface area contributed by atoms with Crippen LogP contribution in [0.2, 0.25) is 0 Å². The molecule has 2 aromatic heterocycles. The number of hydrogen-bond acceptors (Lipinski definition) is 3. The molecule has 1 unspecified atom stereocenters. The van der Waals surface area contributed by atoms with Crippen LogP contribution in [-0.2, 0) is 6.18 Å². The minimum atomic E-state index is -4.42. The maximum atomic E-state index is 12.8. The van der Waals surface area contributed by atoms with Gasteiger partial charge in [0, 0.05) is 18.0 Å². The third-order valence-corrected chi connectivity index (χ3v) is 4.25. The number of rotatable bonds is 2. The van der Waals surface area contributed by atoms with Crippen LogP contribution in [0.1, 0.15) is 22.7 Å². The van der Waals surface area contributed by atoms with Crippen LogP contribution in [-0.4, -0.2) is 4.98 Å². The molecule has 0 aliphatic carbocycles. The maximum Gasteiger partial charge on any atom is 0.416 e. The average molecular weight is 384 g/mol. The third-order valence-electron chi connectivity index (χ3n) is 2.44. The van der Waals surface area contributed by atoms with E-state index in [1.165, 1.54) is 17.5 Å². The number of nitrogens with two attached hydrogens (primary N) is 1. The van der Waals surface area contributed by atoms with E-state index in [4.69, 9.17) is 5.73 Å². The molecule has 1 atom stereocenters. The molecule has 96 valence electrons. The highest BCUT2D eigenvalue weighted by atomic mass is 127. The van der Waals surface area contributed by atoms with Gasteiger partial charge in [0.15, 0.2) is 0 Å². The van der Waals surface area contributed by atoms with E-state index < -0.39 is 17.8 Å². The fourth-order valence-corrected chi connectivity index (χ4v) is 2.99. The monoisotopic (exact) mass is 384 g/mol. The molecule has 0 aromatic carbocycles. The van der Waals surface area contributed by atoms with Gasteiger partial charge in [-0.15, -0.1) is 11.3 Å². The van der Waals surface area contributed by atoms with Gasteiger partial charge < -0.3 is 5.73 Å². The molecule has 18 heavy (non-hydrogen) atoms. The Morgan fingerprint density at radius 1 is 1.39 bits per heavy atom. The maximum absolute atomic E-state index is 12.8. The fourth-order valence-electron chi connectivity index (χ4n) is 1.58. The number of thiophene rings is 1. The molecule has 0 radical (unpaired) electrons. The van der Waals surface area contributed by atoms with Crippen molar-refractivity contribution in [2.24, 2.45) is 5.73 Å². The zero-order valence-corrected chi connectivity index (χ0v) is 11.9. The molecular formula is C11H8F3IN2S. The Morgan fingerprint density at radius 2 is 2.11 bits per heavy atom. The van der Waals surface area contributed by atoms with E-state index in [1.807, 2.05) is 0 Å². The Morgan fingerprint density at radius 3 is 2.67 bits per heavy atom. The zero-order valence-electron chi connectivity index (χ0n) is 8.91. The van der Waals surface area contributed by atoms with Gasteiger partial charge in [0.2, 0.25) is 0 Å². The van der Waals surface area contributed by atoms with E-state index in [-0.39, 0.29) is 5.56 Å². The van der Waals surface area contributed by atoms with Crippen molar-refractivity contribution in [1.82, 2.24) is 4.98 Å². The molecule has 2 heterocycles. The lowest BCUT2D eigenvalue weighted by Gasteiger charge is -2.16. The molecule has 2 rings (SSSR count). The van der Waals surface area contributed by atoms with Gasteiger partial charge >= 0.3 is 6.18 Å². The summed E-state index contributed by atoms with van der Waals surface area (Å²) in [5.41, 5.74) is 5.83. The standard InChI is InChI=1S/C11H8F3IN2S/c12-11(13,14)8-1-2-17-4-7(8)10(16)6-3-9(15)18-5-6/h1-5,10H,16H2. The van der Waals surface area contributed by atoms with Gasteiger partial charge in [-0.1, -0.05) is 0 Å². The van der Waals surface area contributed by atoms with E-state index in [0.29, 0.717) is 5.56 Å². The van der Waals surface area contributed by atoms with E-state index >= 15 is 0 Å². The summed E-state index contributed by atoms with van der Waals surface area (Å²) in [5, 5.41) is 1.76. The van der Waals surface area contributed by atoms with E-state index in [0.717, 1.165) is 15.1 Å². The SMILES string of the molecule is NC(c1csc(I)c1)c1cnccc1C(F)(F)F. The molecule has 7 heteroatoms. The zero-order chi connectivity index (χ0) is 13.3. The summed E-state index contributed by atoms with van der Waals surface area (Å²) >= 11 is 3.55. The molecule has 2 N–H and O–H groups in total. The van der Waals surface area contributed by atoms with Crippen molar-refractivity contribution in [2.75, 3.05) is 0 Å². The Hall–Kier alpha value is -0.670. The van der Waals surface area contributed by atoms with Crippen LogP contribution in [0.5, 0.6) is 0 Å². The van der Waals surface area contributed by atoms with Crippen LogP contribution < -0.4 is 5.73 Å². The topological polar surface area (TPSA) is 38.9 Å². The summed E-state index contributed by atoms with van der Waals surface area (Å²) in [4.78, 5) is 3.73. The van der Waals surface area contributed by atoms with Crippen molar-refractivity contribution >= 4 is 33.9 Å². The summed E-state index contributed by atoms with van der Waals surface area (Å²) in [6.07, 6.45) is -2.12. The molecule has 2 nitrogen and oxygen atoms in total. The number of halogens is 4. The molecular weight excluding hydrogens is 376 g/mol. The number of pyridine rings is 1. The highest BCUT2D eigenvalue weighted by molar-refractivity contribution is 14.1. The van der Waals surface area contributed by atoms with Crippen molar-refractivity contribution < 1.29 is 13.2 Å². The summed E-state index contributed by atoms with van der Waals surface area (Å²) in [5.74, 6) is 0. The first-order valence-corrected chi connectivity index (χ1v) is 6.86. The molecule has 2 aromatic rings. The van der Waals surface area contributed by atoms with Gasteiger partial charge in [0.25, 0.3) is 0 Å². The quantitative estimate of drug-likeness (QED) is 0.800. The van der Waals surface area contributed by atoms with Crippen molar-refractivity contribution in [3.63, 3.8) is 0 Å². The van der Waals surface area contributed by atoms with Crippen LogP contribution in [0.15, 0.2) is 29.9 Å². The normalized spacial score (nSPS) is 13.6. The van der Waals surface area contributed by atoms with Crippen LogP contribution >= 0.6 is 33.9 Å². The van der Waals surface area contributed by atoms with Crippen LogP contribution in [0, 0.1) is 2.88 Å². The highest BCUT2D eigenvalue weighted by Gasteiger charge is 2.35. The highest BCUT2D eigenvalue weighted by Crippen LogP contribution is 2.36. The van der Waals surface area contributed by atoms with Gasteiger partial charge in [-0.2, -0.15) is 13.2 Å². The third kappa shape index (κ3) is 2.83. The summed E-state index contributed by atoms with van der Waals surface area (Å²) in [7, 11) is 0. The average Bonchev–Trinajstić information content (AvgIpc) is 2.74. The molecule has 0 spiro atoms. The van der Waals surface area contributed by atoms with E-state index in [2.05, 4.69) is 27.6 Å². The minimum absolute atomic E-state index is 0.000741. The van der Waals surface area contributed by atoms with Gasteiger partial charge in [0.1, 0.15) is 0 Å². The van der Waals surface area contributed by atoms with Crippen LogP contribution in [0.25, 0.3) is 0 Å². The lowest BCUT2D eigenvalue weighted by molar-refractivity contribution is -0.138. The predicted molar refractivity (Wildman–Crippen MR) is 72.3 cm³/mol. The molecule has 0 saturated carbocycles. The second-order valence-electron chi connectivity index (χ2n) is 3.62. The van der Waals surface area contributed by atoms with Crippen molar-refractivity contribution in [3.8, 4) is 0 Å². The molecule has 0 fully saturated rings. The number of nitrogens with zero attached hydrogens (tertiary/aromatic N) is 1. The lowest BCUT2D eigenvalue weighted by Crippen LogP contribution is -2.18. The summed E-state index contributed by atoms with van der Waals surface area (Å²) < 4.78 is 39.5. The number of hydrogen-bond donors (Lipinski definition) is 1. The van der Waals surface area contributed by atoms with E-state index in [9.17, 15) is 13.2 Å². The van der Waals surface area contributed by atoms with Gasteiger partial charge in [-0.25, -0.2) is 0 Å². The fraction of sp³-hybridized carbons (Fsp3) is 0.182. The smallest absolute Gasteiger partial charge is 0.320 e. The van der Waals surface area contributed by atoms with Crippen molar-refractivity contribution in [2.45, 2.75) is 12.2 Å². The van der Waals surface area contributed by atoms with Gasteiger partial charge in [-0.3, -0.25) is 4.98 Å². The largest absolute Gasteiger partial charge is 0.416 e. The Balaban J connectivity index is 2.45. The van der Waals surface area contributed by atoms with E-state index in [1.54, 1.807) is 11.4 Å². The second kappa shape index (κ2) is 5.14. The number of alkyl halides is 3. The molecule has 0 aliphatic rings. The Bertz CT molecular complexity index is 553. The lowest BCUT2D eigenvalue weighted by atomic mass is 9.99. The molecule has 0 saturated heterocycles. The van der Waals surface area contributed by atoms with Crippen molar-refractivity contribution in [1.29, 1.82) is 0 Å². The Labute approximate surface area is 119 Å². The van der Waals surface area contributed by atoms with Crippen molar-refractivity contribution in [3.05, 3.63) is 49.5 Å². The summed E-state index contributed by atoms with van der Waals surface area (Å²) in [6.45, 7) is 0. The van der Waals surface area contributed by atoms with Crippen LogP contribution in [0.3, 0.4) is 0 Å². The first kappa shape index (κ1) is 13.8. The molecule has 0 amide bonds. The van der Waals surface area contributed by atoms with Gasteiger partial charge in [0.05, 0.1) is 14.5 Å². The molecule has 0 aliphatic heterocycles. The first-order valence-electron chi connectivity index (χ1n) is 4.90. The predicted octanol–water partition coefficient (Wildman–Crippen LogP) is 3.81.